The summed E-state index contributed by atoms with van der Waals surface area (Å²) >= 11 is 0. The topological polar surface area (TPSA) is 46.2 Å². The Balaban J connectivity index is 3.03. The molecule has 0 saturated heterocycles. The SMILES string of the molecule is CC[C@H](N)c1cc(CO)ccc1C. The van der Waals surface area contributed by atoms with Crippen LogP contribution < -0.4 is 5.73 Å². The maximum Gasteiger partial charge on any atom is 0.0681 e. The van der Waals surface area contributed by atoms with E-state index in [1.165, 1.54) is 5.56 Å². The molecule has 0 saturated carbocycles. The quantitative estimate of drug-likeness (QED) is 0.744. The van der Waals surface area contributed by atoms with Crippen molar-refractivity contribution in [2.24, 2.45) is 5.73 Å². The van der Waals surface area contributed by atoms with E-state index in [1.807, 2.05) is 25.1 Å². The van der Waals surface area contributed by atoms with Gasteiger partial charge in [-0.05, 0) is 30.0 Å². The Morgan fingerprint density at radius 2 is 2.15 bits per heavy atom. The molecule has 0 spiro atoms. The third kappa shape index (κ3) is 2.29. The molecule has 2 nitrogen and oxygen atoms in total. The first-order valence-electron chi connectivity index (χ1n) is 4.65. The molecule has 13 heavy (non-hydrogen) atoms. The summed E-state index contributed by atoms with van der Waals surface area (Å²) in [4.78, 5) is 0. The zero-order valence-electron chi connectivity index (χ0n) is 8.25. The first kappa shape index (κ1) is 10.2. The molecule has 0 radical (unpaired) electrons. The number of benzene rings is 1. The molecule has 0 unspecified atom stereocenters. The summed E-state index contributed by atoms with van der Waals surface area (Å²) in [7, 11) is 0. The van der Waals surface area contributed by atoms with Crippen LogP contribution in [0, 0.1) is 6.92 Å². The number of rotatable bonds is 3. The fourth-order valence-electron chi connectivity index (χ4n) is 1.41. The molecule has 1 rings (SSSR count). The predicted molar refractivity (Wildman–Crippen MR) is 54.3 cm³/mol. The van der Waals surface area contributed by atoms with Crippen molar-refractivity contribution in [1.29, 1.82) is 0 Å². The van der Waals surface area contributed by atoms with Crippen molar-refractivity contribution < 1.29 is 5.11 Å². The molecule has 0 aromatic heterocycles. The average molecular weight is 179 g/mol. The zero-order chi connectivity index (χ0) is 9.84. The van der Waals surface area contributed by atoms with Crippen LogP contribution in [0.3, 0.4) is 0 Å². The van der Waals surface area contributed by atoms with Gasteiger partial charge in [-0.3, -0.25) is 0 Å². The molecule has 1 aromatic carbocycles. The van der Waals surface area contributed by atoms with Gasteiger partial charge in [-0.2, -0.15) is 0 Å². The highest BCUT2D eigenvalue weighted by Crippen LogP contribution is 2.19. The summed E-state index contributed by atoms with van der Waals surface area (Å²) in [6.07, 6.45) is 0.926. The van der Waals surface area contributed by atoms with Crippen LogP contribution in [0.2, 0.25) is 0 Å². The Morgan fingerprint density at radius 1 is 1.46 bits per heavy atom. The maximum atomic E-state index is 8.97. The minimum atomic E-state index is 0.0870. The lowest BCUT2D eigenvalue weighted by molar-refractivity contribution is 0.281. The lowest BCUT2D eigenvalue weighted by Gasteiger charge is -2.13. The number of aliphatic hydroxyl groups is 1. The van der Waals surface area contributed by atoms with Crippen LogP contribution in [-0.2, 0) is 6.61 Å². The van der Waals surface area contributed by atoms with Crippen molar-refractivity contribution in [3.63, 3.8) is 0 Å². The van der Waals surface area contributed by atoms with E-state index >= 15 is 0 Å². The standard InChI is InChI=1S/C11H17NO/c1-3-11(12)10-6-9(7-13)5-4-8(10)2/h4-6,11,13H,3,7,12H2,1-2H3/t11-/m0/s1. The van der Waals surface area contributed by atoms with Gasteiger partial charge < -0.3 is 10.8 Å². The molecule has 0 amide bonds. The molecule has 72 valence electrons. The minimum absolute atomic E-state index is 0.0870. The van der Waals surface area contributed by atoms with Gasteiger partial charge in [0.25, 0.3) is 0 Å². The minimum Gasteiger partial charge on any atom is -0.392 e. The molecular weight excluding hydrogens is 162 g/mol. The number of hydrogen-bond acceptors (Lipinski definition) is 2. The average Bonchev–Trinajstić information content (AvgIpc) is 2.17. The van der Waals surface area contributed by atoms with Gasteiger partial charge in [-0.25, -0.2) is 0 Å². The Kier molecular flexibility index (Phi) is 3.46. The summed E-state index contributed by atoms with van der Waals surface area (Å²) in [6, 6.07) is 6.02. The fraction of sp³-hybridized carbons (Fsp3) is 0.455. The molecule has 1 atom stereocenters. The van der Waals surface area contributed by atoms with Crippen molar-refractivity contribution in [3.05, 3.63) is 34.9 Å². The van der Waals surface area contributed by atoms with Crippen LogP contribution >= 0.6 is 0 Å². The molecule has 3 N–H and O–H groups in total. The smallest absolute Gasteiger partial charge is 0.0681 e. The molecule has 0 aliphatic carbocycles. The van der Waals surface area contributed by atoms with E-state index in [1.54, 1.807) is 0 Å². The first-order chi connectivity index (χ1) is 6.19. The normalized spacial score (nSPS) is 12.9. The van der Waals surface area contributed by atoms with Gasteiger partial charge in [0.15, 0.2) is 0 Å². The van der Waals surface area contributed by atoms with E-state index in [-0.39, 0.29) is 12.6 Å². The van der Waals surface area contributed by atoms with E-state index in [0.29, 0.717) is 0 Å². The van der Waals surface area contributed by atoms with Crippen LogP contribution in [0.5, 0.6) is 0 Å². The Bertz CT molecular complexity index is 283. The summed E-state index contributed by atoms with van der Waals surface area (Å²) in [5, 5.41) is 8.97. The second kappa shape index (κ2) is 4.40. The van der Waals surface area contributed by atoms with Gasteiger partial charge in [0, 0.05) is 6.04 Å². The van der Waals surface area contributed by atoms with Crippen LogP contribution in [-0.4, -0.2) is 5.11 Å². The van der Waals surface area contributed by atoms with Gasteiger partial charge >= 0.3 is 0 Å². The molecule has 0 bridgehead atoms. The number of aliphatic hydroxyl groups excluding tert-OH is 1. The lowest BCUT2D eigenvalue weighted by atomic mass is 9.98. The van der Waals surface area contributed by atoms with Crippen molar-refractivity contribution >= 4 is 0 Å². The second-order valence-electron chi connectivity index (χ2n) is 3.36. The molecule has 0 fully saturated rings. The van der Waals surface area contributed by atoms with Crippen molar-refractivity contribution in [1.82, 2.24) is 0 Å². The second-order valence-corrected chi connectivity index (χ2v) is 3.36. The summed E-state index contributed by atoms with van der Waals surface area (Å²) < 4.78 is 0. The zero-order valence-corrected chi connectivity index (χ0v) is 8.25. The van der Waals surface area contributed by atoms with Gasteiger partial charge in [-0.15, -0.1) is 0 Å². The number of hydrogen-bond donors (Lipinski definition) is 2. The fourth-order valence-corrected chi connectivity index (χ4v) is 1.41. The maximum absolute atomic E-state index is 8.97. The highest BCUT2D eigenvalue weighted by Gasteiger charge is 2.06. The van der Waals surface area contributed by atoms with Crippen molar-refractivity contribution in [3.8, 4) is 0 Å². The van der Waals surface area contributed by atoms with Gasteiger partial charge in [0.1, 0.15) is 0 Å². The molecular formula is C11H17NO. The molecule has 0 heterocycles. The molecule has 2 heteroatoms. The number of aryl methyl sites for hydroxylation is 1. The Hall–Kier alpha value is -0.860. The van der Waals surface area contributed by atoms with E-state index in [2.05, 4.69) is 6.92 Å². The van der Waals surface area contributed by atoms with Crippen LogP contribution in [0.1, 0.15) is 36.1 Å². The van der Waals surface area contributed by atoms with Gasteiger partial charge in [0.2, 0.25) is 0 Å². The Labute approximate surface area is 79.4 Å². The molecule has 0 aliphatic rings. The predicted octanol–water partition coefficient (Wildman–Crippen LogP) is 1.90. The van der Waals surface area contributed by atoms with E-state index < -0.39 is 0 Å². The van der Waals surface area contributed by atoms with Gasteiger partial charge in [-0.1, -0.05) is 25.1 Å². The van der Waals surface area contributed by atoms with Crippen LogP contribution in [0.15, 0.2) is 18.2 Å². The highest BCUT2D eigenvalue weighted by molar-refractivity contribution is 5.33. The van der Waals surface area contributed by atoms with E-state index in [0.717, 1.165) is 17.5 Å². The summed E-state index contributed by atoms with van der Waals surface area (Å²) in [5.74, 6) is 0. The first-order valence-corrected chi connectivity index (χ1v) is 4.65. The highest BCUT2D eigenvalue weighted by atomic mass is 16.3. The largest absolute Gasteiger partial charge is 0.392 e. The summed E-state index contributed by atoms with van der Waals surface area (Å²) in [5.41, 5.74) is 9.22. The van der Waals surface area contributed by atoms with Crippen molar-refractivity contribution in [2.45, 2.75) is 32.9 Å². The molecule has 0 aliphatic heterocycles. The number of nitrogens with two attached hydrogens (primary N) is 1. The monoisotopic (exact) mass is 179 g/mol. The van der Waals surface area contributed by atoms with Crippen LogP contribution in [0.4, 0.5) is 0 Å². The molecule has 1 aromatic rings. The van der Waals surface area contributed by atoms with Crippen LogP contribution in [0.25, 0.3) is 0 Å². The van der Waals surface area contributed by atoms with E-state index in [4.69, 9.17) is 10.8 Å². The Morgan fingerprint density at radius 3 is 2.69 bits per heavy atom. The summed E-state index contributed by atoms with van der Waals surface area (Å²) in [6.45, 7) is 4.20. The van der Waals surface area contributed by atoms with Gasteiger partial charge in [0.05, 0.1) is 6.61 Å². The third-order valence-electron chi connectivity index (χ3n) is 2.37. The third-order valence-corrected chi connectivity index (χ3v) is 2.37. The van der Waals surface area contributed by atoms with Crippen molar-refractivity contribution in [2.75, 3.05) is 0 Å². The lowest BCUT2D eigenvalue weighted by Crippen LogP contribution is -2.10. The van der Waals surface area contributed by atoms with E-state index in [9.17, 15) is 0 Å².